The topological polar surface area (TPSA) is 43.8 Å². The van der Waals surface area contributed by atoms with Gasteiger partial charge in [0.15, 0.2) is 0 Å². The largest absolute Gasteiger partial charge is 0.477 e. The number of likely N-dealkylation sites (tertiary alicyclic amines) is 2. The number of aromatic carboxylic acids is 1. The van der Waals surface area contributed by atoms with E-state index in [2.05, 4.69) is 16.8 Å². The Morgan fingerprint density at radius 2 is 2.30 bits per heavy atom. The van der Waals surface area contributed by atoms with Crippen LogP contribution in [0.25, 0.3) is 0 Å². The van der Waals surface area contributed by atoms with Gasteiger partial charge in [0.05, 0.1) is 0 Å². The first-order valence-electron chi connectivity index (χ1n) is 7.37. The summed E-state index contributed by atoms with van der Waals surface area (Å²) >= 11 is 1.33. The van der Waals surface area contributed by atoms with Crippen LogP contribution >= 0.6 is 11.3 Å². The molecule has 1 aromatic rings. The van der Waals surface area contributed by atoms with Crippen molar-refractivity contribution in [2.24, 2.45) is 5.92 Å². The van der Waals surface area contributed by atoms with Gasteiger partial charge in [-0.3, -0.25) is 4.90 Å². The standard InChI is InChI=1S/C15H22N2O2S/c1-16-6-2-3-11-9-17(7-4-13(11)16)10-12-5-8-20-14(12)15(18)19/h5,8,11,13H,2-4,6-7,9-10H2,1H3,(H,18,19). The number of carboxylic acid groups (broad SMARTS) is 1. The minimum Gasteiger partial charge on any atom is -0.477 e. The molecule has 2 fully saturated rings. The summed E-state index contributed by atoms with van der Waals surface area (Å²) in [7, 11) is 2.24. The second-order valence-corrected chi connectivity index (χ2v) is 6.97. The summed E-state index contributed by atoms with van der Waals surface area (Å²) in [6.07, 6.45) is 3.83. The van der Waals surface area contributed by atoms with E-state index in [9.17, 15) is 9.90 Å². The van der Waals surface area contributed by atoms with Crippen molar-refractivity contribution in [2.75, 3.05) is 26.7 Å². The van der Waals surface area contributed by atoms with Crippen molar-refractivity contribution < 1.29 is 9.90 Å². The van der Waals surface area contributed by atoms with Gasteiger partial charge in [-0.25, -0.2) is 4.79 Å². The van der Waals surface area contributed by atoms with E-state index in [0.717, 1.165) is 37.2 Å². The molecular formula is C15H22N2O2S. The fourth-order valence-electron chi connectivity index (χ4n) is 3.76. The molecule has 3 heterocycles. The summed E-state index contributed by atoms with van der Waals surface area (Å²) in [6.45, 7) is 4.22. The number of carboxylic acids is 1. The molecule has 0 aromatic carbocycles. The van der Waals surface area contributed by atoms with Crippen LogP contribution in [-0.4, -0.2) is 53.6 Å². The fraction of sp³-hybridized carbons (Fsp3) is 0.667. The third-order valence-electron chi connectivity index (χ3n) is 4.76. The Morgan fingerprint density at radius 3 is 3.10 bits per heavy atom. The van der Waals surface area contributed by atoms with Crippen LogP contribution in [-0.2, 0) is 6.54 Å². The number of carbonyl (C=O) groups is 1. The number of nitrogens with zero attached hydrogens (tertiary/aromatic N) is 2. The molecule has 0 aliphatic carbocycles. The maximum absolute atomic E-state index is 11.2. The molecule has 4 nitrogen and oxygen atoms in total. The molecule has 2 saturated heterocycles. The fourth-order valence-corrected chi connectivity index (χ4v) is 4.51. The summed E-state index contributed by atoms with van der Waals surface area (Å²) in [6, 6.07) is 2.70. The van der Waals surface area contributed by atoms with Crippen molar-refractivity contribution in [3.63, 3.8) is 0 Å². The number of rotatable bonds is 3. The summed E-state index contributed by atoms with van der Waals surface area (Å²) in [5.41, 5.74) is 0.977. The van der Waals surface area contributed by atoms with Gasteiger partial charge in [-0.1, -0.05) is 0 Å². The molecule has 2 aliphatic heterocycles. The number of hydrogen-bond acceptors (Lipinski definition) is 4. The van der Waals surface area contributed by atoms with Crippen LogP contribution in [0.5, 0.6) is 0 Å². The van der Waals surface area contributed by atoms with Gasteiger partial charge in [0.1, 0.15) is 4.88 Å². The van der Waals surface area contributed by atoms with E-state index in [0.29, 0.717) is 4.88 Å². The number of thiophene rings is 1. The Bertz CT molecular complexity index is 488. The Labute approximate surface area is 124 Å². The second-order valence-electron chi connectivity index (χ2n) is 6.05. The van der Waals surface area contributed by atoms with E-state index in [-0.39, 0.29) is 0 Å². The lowest BCUT2D eigenvalue weighted by atomic mass is 9.84. The lowest BCUT2D eigenvalue weighted by molar-refractivity contribution is 0.0353. The predicted octanol–water partition coefficient (Wildman–Crippen LogP) is 2.36. The highest BCUT2D eigenvalue weighted by molar-refractivity contribution is 7.12. The van der Waals surface area contributed by atoms with E-state index in [1.54, 1.807) is 0 Å². The summed E-state index contributed by atoms with van der Waals surface area (Å²) < 4.78 is 0. The molecule has 0 spiro atoms. The molecule has 2 atom stereocenters. The van der Waals surface area contributed by atoms with Crippen LogP contribution in [0, 0.1) is 5.92 Å². The van der Waals surface area contributed by atoms with Gasteiger partial charge < -0.3 is 10.0 Å². The minimum absolute atomic E-state index is 0.507. The first kappa shape index (κ1) is 14.0. The summed E-state index contributed by atoms with van der Waals surface area (Å²) in [5.74, 6) is -0.0308. The van der Waals surface area contributed by atoms with E-state index in [1.807, 2.05) is 11.4 Å². The SMILES string of the molecule is CN1CCCC2CN(Cc3ccsc3C(=O)O)CCC21. The van der Waals surface area contributed by atoms with Gasteiger partial charge in [-0.2, -0.15) is 0 Å². The average Bonchev–Trinajstić information content (AvgIpc) is 2.87. The first-order valence-corrected chi connectivity index (χ1v) is 8.25. The molecule has 5 heteroatoms. The lowest BCUT2D eigenvalue weighted by Gasteiger charge is -2.46. The van der Waals surface area contributed by atoms with E-state index in [4.69, 9.17) is 0 Å². The van der Waals surface area contributed by atoms with Crippen molar-refractivity contribution >= 4 is 17.3 Å². The quantitative estimate of drug-likeness (QED) is 0.929. The monoisotopic (exact) mass is 294 g/mol. The molecule has 110 valence electrons. The van der Waals surface area contributed by atoms with Crippen LogP contribution in [0.1, 0.15) is 34.5 Å². The van der Waals surface area contributed by atoms with Gasteiger partial charge in [0.25, 0.3) is 0 Å². The zero-order valence-corrected chi connectivity index (χ0v) is 12.7. The molecule has 0 bridgehead atoms. The molecule has 0 saturated carbocycles. The van der Waals surface area contributed by atoms with Crippen molar-refractivity contribution in [3.8, 4) is 0 Å². The summed E-state index contributed by atoms with van der Waals surface area (Å²) in [4.78, 5) is 16.6. The highest BCUT2D eigenvalue weighted by Gasteiger charge is 2.34. The lowest BCUT2D eigenvalue weighted by Crippen LogP contribution is -2.52. The molecule has 1 N–H and O–H groups in total. The molecule has 0 amide bonds. The van der Waals surface area contributed by atoms with Crippen LogP contribution in [0.2, 0.25) is 0 Å². The van der Waals surface area contributed by atoms with Crippen molar-refractivity contribution in [1.82, 2.24) is 9.80 Å². The zero-order valence-electron chi connectivity index (χ0n) is 11.9. The van der Waals surface area contributed by atoms with Crippen LogP contribution < -0.4 is 0 Å². The zero-order chi connectivity index (χ0) is 14.1. The Hall–Kier alpha value is -0.910. The van der Waals surface area contributed by atoms with Crippen molar-refractivity contribution in [2.45, 2.75) is 31.8 Å². The highest BCUT2D eigenvalue weighted by Crippen LogP contribution is 2.30. The molecule has 2 unspecified atom stereocenters. The molecule has 3 rings (SSSR count). The minimum atomic E-state index is -0.790. The highest BCUT2D eigenvalue weighted by atomic mass is 32.1. The number of piperidine rings is 2. The molecule has 2 aliphatic rings. The maximum Gasteiger partial charge on any atom is 0.346 e. The van der Waals surface area contributed by atoms with Gasteiger partial charge >= 0.3 is 5.97 Å². The third-order valence-corrected chi connectivity index (χ3v) is 5.71. The van der Waals surface area contributed by atoms with E-state index >= 15 is 0 Å². The van der Waals surface area contributed by atoms with Crippen LogP contribution in [0.4, 0.5) is 0 Å². The smallest absolute Gasteiger partial charge is 0.346 e. The Kier molecular flexibility index (Phi) is 4.10. The molecule has 0 radical (unpaired) electrons. The molecule has 1 aromatic heterocycles. The third kappa shape index (κ3) is 2.75. The number of hydrogen-bond donors (Lipinski definition) is 1. The first-order chi connectivity index (χ1) is 9.65. The van der Waals surface area contributed by atoms with Crippen LogP contribution in [0.3, 0.4) is 0 Å². The summed E-state index contributed by atoms with van der Waals surface area (Å²) in [5, 5.41) is 11.1. The van der Waals surface area contributed by atoms with Crippen molar-refractivity contribution in [3.05, 3.63) is 21.9 Å². The Morgan fingerprint density at radius 1 is 1.45 bits per heavy atom. The van der Waals surface area contributed by atoms with Gasteiger partial charge in [-0.15, -0.1) is 11.3 Å². The maximum atomic E-state index is 11.2. The second kappa shape index (κ2) is 5.84. The normalized spacial score (nSPS) is 28.2. The predicted molar refractivity (Wildman–Crippen MR) is 80.3 cm³/mol. The van der Waals surface area contributed by atoms with Gasteiger partial charge in [-0.05, 0) is 62.3 Å². The van der Waals surface area contributed by atoms with Gasteiger partial charge in [0.2, 0.25) is 0 Å². The number of fused-ring (bicyclic) bond motifs is 1. The van der Waals surface area contributed by atoms with E-state index < -0.39 is 5.97 Å². The van der Waals surface area contributed by atoms with Crippen molar-refractivity contribution in [1.29, 1.82) is 0 Å². The molecule has 20 heavy (non-hydrogen) atoms. The Balaban J connectivity index is 1.65. The average molecular weight is 294 g/mol. The van der Waals surface area contributed by atoms with Gasteiger partial charge in [0, 0.05) is 19.1 Å². The van der Waals surface area contributed by atoms with E-state index in [1.165, 1.54) is 37.1 Å². The van der Waals surface area contributed by atoms with Crippen LogP contribution in [0.15, 0.2) is 11.4 Å². The molecular weight excluding hydrogens is 272 g/mol.